The van der Waals surface area contributed by atoms with Gasteiger partial charge in [0.2, 0.25) is 0 Å². The smallest absolute Gasteiger partial charge is 0.318 e. The highest BCUT2D eigenvalue weighted by Gasteiger charge is 2.27. The van der Waals surface area contributed by atoms with Gasteiger partial charge in [0.05, 0.1) is 5.69 Å². The predicted molar refractivity (Wildman–Crippen MR) is 106 cm³/mol. The molecule has 0 saturated carbocycles. The Morgan fingerprint density at radius 2 is 1.93 bits per heavy atom. The molecule has 29 heavy (non-hydrogen) atoms. The number of aromatic nitrogens is 4. The lowest BCUT2D eigenvalue weighted by Crippen LogP contribution is -2.45. The molecule has 8 heteroatoms. The number of amides is 2. The number of nitrogens with one attached hydrogen (secondary N) is 1. The van der Waals surface area contributed by atoms with Crippen molar-refractivity contribution in [1.82, 2.24) is 30.0 Å². The number of aryl methyl sites for hydroxylation is 1. The van der Waals surface area contributed by atoms with E-state index in [2.05, 4.69) is 20.4 Å². The number of hydrogen-bond acceptors (Lipinski definition) is 4. The average molecular weight is 394 g/mol. The van der Waals surface area contributed by atoms with Gasteiger partial charge < -0.3 is 10.2 Å². The number of rotatable bonds is 4. The zero-order chi connectivity index (χ0) is 20.2. The Balaban J connectivity index is 1.45. The number of halogens is 1. The summed E-state index contributed by atoms with van der Waals surface area (Å²) in [7, 11) is 1.82. The van der Waals surface area contributed by atoms with Gasteiger partial charge in [-0.3, -0.25) is 4.68 Å². The molecule has 1 aliphatic heterocycles. The first-order valence-corrected chi connectivity index (χ1v) is 9.66. The van der Waals surface area contributed by atoms with Crippen molar-refractivity contribution in [2.45, 2.75) is 24.8 Å². The Morgan fingerprint density at radius 1 is 1.17 bits per heavy atom. The lowest BCUT2D eigenvalue weighted by atomic mass is 9.93. The van der Waals surface area contributed by atoms with E-state index in [0.29, 0.717) is 24.7 Å². The van der Waals surface area contributed by atoms with Crippen molar-refractivity contribution in [1.29, 1.82) is 0 Å². The van der Waals surface area contributed by atoms with Crippen LogP contribution in [0.5, 0.6) is 0 Å². The largest absolute Gasteiger partial charge is 0.325 e. The molecule has 2 aromatic heterocycles. The zero-order valence-corrected chi connectivity index (χ0v) is 16.2. The molecule has 1 aliphatic rings. The molecule has 1 atom stereocenters. The number of piperidine rings is 1. The van der Waals surface area contributed by atoms with Crippen molar-refractivity contribution in [2.75, 3.05) is 13.1 Å². The number of nitrogens with zero attached hydrogens (tertiary/aromatic N) is 5. The summed E-state index contributed by atoms with van der Waals surface area (Å²) in [6.45, 7) is 1.30. The van der Waals surface area contributed by atoms with E-state index < -0.39 is 6.04 Å². The molecular formula is C21H23FN6O. The molecule has 0 radical (unpaired) electrons. The SMILES string of the molecule is Cn1ccc(C(NC(=O)N2CCC(c3ccncn3)CC2)c2ccc(F)cc2)n1. The number of urea groups is 1. The highest BCUT2D eigenvalue weighted by atomic mass is 19.1. The molecule has 1 saturated heterocycles. The van der Waals surface area contributed by atoms with Crippen LogP contribution in [0, 0.1) is 5.82 Å². The molecule has 3 aromatic rings. The van der Waals surface area contributed by atoms with E-state index in [9.17, 15) is 9.18 Å². The van der Waals surface area contributed by atoms with Crippen LogP contribution in [0.1, 0.15) is 41.8 Å². The van der Waals surface area contributed by atoms with Gasteiger partial charge in [0.15, 0.2) is 0 Å². The van der Waals surface area contributed by atoms with E-state index >= 15 is 0 Å². The van der Waals surface area contributed by atoms with Gasteiger partial charge in [-0.15, -0.1) is 0 Å². The van der Waals surface area contributed by atoms with Gasteiger partial charge in [0.1, 0.15) is 18.2 Å². The Hall–Kier alpha value is -3.29. The van der Waals surface area contributed by atoms with Gasteiger partial charge in [-0.1, -0.05) is 12.1 Å². The van der Waals surface area contributed by atoms with Crippen LogP contribution in [0.15, 0.2) is 55.1 Å². The number of carbonyl (C=O) groups is 1. The summed E-state index contributed by atoms with van der Waals surface area (Å²) < 4.78 is 15.0. The number of benzene rings is 1. The molecule has 1 N–H and O–H groups in total. The maximum Gasteiger partial charge on any atom is 0.318 e. The highest BCUT2D eigenvalue weighted by molar-refractivity contribution is 5.75. The molecule has 1 unspecified atom stereocenters. The monoisotopic (exact) mass is 394 g/mol. The summed E-state index contributed by atoms with van der Waals surface area (Å²) in [4.78, 5) is 23.1. The Labute approximate surface area is 168 Å². The van der Waals surface area contributed by atoms with Crippen LogP contribution in [0.4, 0.5) is 9.18 Å². The highest BCUT2D eigenvalue weighted by Crippen LogP contribution is 2.27. The van der Waals surface area contributed by atoms with Crippen molar-refractivity contribution in [2.24, 2.45) is 7.05 Å². The van der Waals surface area contributed by atoms with Gasteiger partial charge in [-0.05, 0) is 42.7 Å². The molecule has 3 heterocycles. The number of hydrogen-bond donors (Lipinski definition) is 1. The lowest BCUT2D eigenvalue weighted by Gasteiger charge is -2.33. The maximum atomic E-state index is 13.4. The molecule has 7 nitrogen and oxygen atoms in total. The van der Waals surface area contributed by atoms with Gasteiger partial charge in [-0.25, -0.2) is 19.2 Å². The molecule has 0 spiro atoms. The second kappa shape index (κ2) is 8.38. The van der Waals surface area contributed by atoms with E-state index in [1.165, 1.54) is 12.1 Å². The summed E-state index contributed by atoms with van der Waals surface area (Å²) >= 11 is 0. The van der Waals surface area contributed by atoms with Crippen molar-refractivity contribution < 1.29 is 9.18 Å². The zero-order valence-electron chi connectivity index (χ0n) is 16.2. The van der Waals surface area contributed by atoms with Crippen molar-refractivity contribution in [3.63, 3.8) is 0 Å². The van der Waals surface area contributed by atoms with Crippen LogP contribution in [0.25, 0.3) is 0 Å². The Kier molecular flexibility index (Phi) is 5.50. The third-order valence-corrected chi connectivity index (χ3v) is 5.31. The summed E-state index contributed by atoms with van der Waals surface area (Å²) in [6.07, 6.45) is 6.85. The first kappa shape index (κ1) is 19.0. The van der Waals surface area contributed by atoms with Crippen molar-refractivity contribution in [3.05, 3.63) is 77.9 Å². The van der Waals surface area contributed by atoms with Gasteiger partial charge in [0.25, 0.3) is 0 Å². The summed E-state index contributed by atoms with van der Waals surface area (Å²) in [6, 6.07) is 9.35. The third-order valence-electron chi connectivity index (χ3n) is 5.31. The van der Waals surface area contributed by atoms with Gasteiger partial charge in [0, 0.05) is 44.1 Å². The van der Waals surface area contributed by atoms with Crippen LogP contribution in [0.2, 0.25) is 0 Å². The fourth-order valence-corrected chi connectivity index (χ4v) is 3.71. The molecule has 1 aromatic carbocycles. The standard InChI is InChI=1S/C21H23FN6O/c1-27-11-9-19(26-27)20(16-2-4-17(22)5-3-16)25-21(29)28-12-7-15(8-13-28)18-6-10-23-14-24-18/h2-6,9-11,14-15,20H,7-8,12-13H2,1H3,(H,25,29). The maximum absolute atomic E-state index is 13.4. The van der Waals surface area contributed by atoms with Crippen LogP contribution in [-0.4, -0.2) is 43.8 Å². The van der Waals surface area contributed by atoms with E-state index in [1.54, 1.807) is 29.3 Å². The average Bonchev–Trinajstić information content (AvgIpc) is 3.19. The van der Waals surface area contributed by atoms with Gasteiger partial charge in [-0.2, -0.15) is 5.10 Å². The summed E-state index contributed by atoms with van der Waals surface area (Å²) in [5, 5.41) is 7.51. The van der Waals surface area contributed by atoms with Crippen LogP contribution >= 0.6 is 0 Å². The number of carbonyl (C=O) groups excluding carboxylic acids is 1. The van der Waals surface area contributed by atoms with Gasteiger partial charge >= 0.3 is 6.03 Å². The molecular weight excluding hydrogens is 371 g/mol. The first-order chi connectivity index (χ1) is 14.1. The minimum absolute atomic E-state index is 0.147. The second-order valence-electron chi connectivity index (χ2n) is 7.24. The minimum Gasteiger partial charge on any atom is -0.325 e. The summed E-state index contributed by atoms with van der Waals surface area (Å²) in [5.41, 5.74) is 2.52. The molecule has 4 rings (SSSR count). The Bertz CT molecular complexity index is 951. The topological polar surface area (TPSA) is 75.9 Å². The minimum atomic E-state index is -0.441. The van der Waals surface area contributed by atoms with Crippen molar-refractivity contribution >= 4 is 6.03 Å². The molecule has 0 bridgehead atoms. The normalized spacial score (nSPS) is 15.9. The van der Waals surface area contributed by atoms with E-state index in [0.717, 1.165) is 24.1 Å². The summed E-state index contributed by atoms with van der Waals surface area (Å²) in [5.74, 6) is 0.0253. The van der Waals surface area contributed by atoms with Crippen LogP contribution in [0.3, 0.4) is 0 Å². The quantitative estimate of drug-likeness (QED) is 0.738. The fraction of sp³-hybridized carbons (Fsp3) is 0.333. The fourth-order valence-electron chi connectivity index (χ4n) is 3.71. The lowest BCUT2D eigenvalue weighted by molar-refractivity contribution is 0.178. The molecule has 150 valence electrons. The molecule has 2 amide bonds. The molecule has 0 aliphatic carbocycles. The third kappa shape index (κ3) is 4.42. The first-order valence-electron chi connectivity index (χ1n) is 9.66. The van der Waals surface area contributed by atoms with E-state index in [4.69, 9.17) is 0 Å². The number of likely N-dealkylation sites (tertiary alicyclic amines) is 1. The molecule has 1 fully saturated rings. The van der Waals surface area contributed by atoms with Crippen LogP contribution < -0.4 is 5.32 Å². The van der Waals surface area contributed by atoms with E-state index in [-0.39, 0.29) is 11.8 Å². The second-order valence-corrected chi connectivity index (χ2v) is 7.24. The van der Waals surface area contributed by atoms with Crippen molar-refractivity contribution in [3.8, 4) is 0 Å². The van der Waals surface area contributed by atoms with Crippen LogP contribution in [-0.2, 0) is 7.05 Å². The predicted octanol–water partition coefficient (Wildman–Crippen LogP) is 3.03. The Morgan fingerprint density at radius 3 is 2.55 bits per heavy atom. The van der Waals surface area contributed by atoms with E-state index in [1.807, 2.05) is 30.3 Å².